The number of ether oxygens (including phenoxy) is 1. The van der Waals surface area contributed by atoms with Crippen LogP contribution >= 0.6 is 11.6 Å². The zero-order chi connectivity index (χ0) is 18.3. The largest absolute Gasteiger partial charge is 0.461 e. The van der Waals surface area contributed by atoms with E-state index in [1.54, 1.807) is 0 Å². The molecule has 0 aliphatic heterocycles. The molecule has 6 heteroatoms. The van der Waals surface area contributed by atoms with Crippen molar-refractivity contribution >= 4 is 45.5 Å². The summed E-state index contributed by atoms with van der Waals surface area (Å²) in [6.45, 7) is 0.194. The van der Waals surface area contributed by atoms with Crippen molar-refractivity contribution in [1.29, 1.82) is 0 Å². The minimum absolute atomic E-state index is 0.194. The minimum Gasteiger partial charge on any atom is -0.461 e. The standard InChI is InChI=1S/C20H19ClN3O2/c1-22(2)20-23-11-6-5-9-17(23)18-13-15(19(25)26-12-10-21)14-7-3-4-8-16(14)24(18)20/h3-9,11,13H,10,12H2,1-2H3/q+1. The van der Waals surface area contributed by atoms with Crippen molar-refractivity contribution in [1.82, 2.24) is 4.40 Å². The van der Waals surface area contributed by atoms with Crippen LogP contribution in [0.15, 0.2) is 54.7 Å². The quantitative estimate of drug-likeness (QED) is 0.315. The summed E-state index contributed by atoms with van der Waals surface area (Å²) in [6, 6.07) is 15.8. The molecular weight excluding hydrogens is 350 g/mol. The predicted octanol–water partition coefficient (Wildman–Crippen LogP) is 3.29. The Morgan fingerprint density at radius 1 is 1.15 bits per heavy atom. The van der Waals surface area contributed by atoms with Gasteiger partial charge in [-0.3, -0.25) is 4.90 Å². The number of fused-ring (bicyclic) bond motifs is 5. The van der Waals surface area contributed by atoms with Crippen molar-refractivity contribution in [3.05, 3.63) is 60.3 Å². The van der Waals surface area contributed by atoms with Gasteiger partial charge in [-0.05, 0) is 24.3 Å². The molecule has 0 amide bonds. The molecule has 0 N–H and O–H groups in total. The number of carbonyl (C=O) groups is 1. The number of imidazole rings is 1. The van der Waals surface area contributed by atoms with Crippen LogP contribution in [0.5, 0.6) is 0 Å². The first-order valence-electron chi connectivity index (χ1n) is 8.40. The van der Waals surface area contributed by atoms with Gasteiger partial charge in [0, 0.05) is 5.39 Å². The molecule has 3 aromatic heterocycles. The zero-order valence-corrected chi connectivity index (χ0v) is 15.4. The Balaban J connectivity index is 2.16. The van der Waals surface area contributed by atoms with Crippen LogP contribution in [-0.2, 0) is 4.74 Å². The summed E-state index contributed by atoms with van der Waals surface area (Å²) in [6.07, 6.45) is 2.03. The molecule has 0 unspecified atom stereocenters. The highest BCUT2D eigenvalue weighted by Crippen LogP contribution is 2.28. The molecule has 0 aliphatic rings. The highest BCUT2D eigenvalue weighted by Gasteiger charge is 2.25. The Bertz CT molecular complexity index is 1130. The van der Waals surface area contributed by atoms with Crippen LogP contribution in [0.25, 0.3) is 21.9 Å². The number of pyridine rings is 2. The van der Waals surface area contributed by atoms with Crippen molar-refractivity contribution < 1.29 is 13.9 Å². The summed E-state index contributed by atoms with van der Waals surface area (Å²) in [7, 11) is 4.03. The third-order valence-electron chi connectivity index (χ3n) is 4.43. The van der Waals surface area contributed by atoms with Crippen LogP contribution in [0.4, 0.5) is 5.95 Å². The average molecular weight is 369 g/mol. The zero-order valence-electron chi connectivity index (χ0n) is 14.6. The van der Waals surface area contributed by atoms with Gasteiger partial charge in [0.2, 0.25) is 0 Å². The molecule has 0 spiro atoms. The van der Waals surface area contributed by atoms with Gasteiger partial charge in [0.05, 0.1) is 31.7 Å². The van der Waals surface area contributed by atoms with Gasteiger partial charge in [0.15, 0.2) is 0 Å². The third-order valence-corrected chi connectivity index (χ3v) is 4.58. The van der Waals surface area contributed by atoms with Crippen molar-refractivity contribution in [2.45, 2.75) is 0 Å². The monoisotopic (exact) mass is 368 g/mol. The van der Waals surface area contributed by atoms with E-state index in [1.807, 2.05) is 68.8 Å². The number of aromatic nitrogens is 2. The number of alkyl halides is 1. The van der Waals surface area contributed by atoms with E-state index < -0.39 is 0 Å². The summed E-state index contributed by atoms with van der Waals surface area (Å²) >= 11 is 5.67. The number of carbonyl (C=O) groups excluding carboxylic acids is 1. The number of nitrogens with zero attached hydrogens (tertiary/aromatic N) is 3. The second-order valence-electron chi connectivity index (χ2n) is 6.27. The molecule has 4 aromatic rings. The molecule has 5 nitrogen and oxygen atoms in total. The summed E-state index contributed by atoms with van der Waals surface area (Å²) < 4.78 is 9.59. The number of hydrogen-bond acceptors (Lipinski definition) is 3. The lowest BCUT2D eigenvalue weighted by molar-refractivity contribution is -0.497. The minimum atomic E-state index is -0.356. The predicted molar refractivity (Wildman–Crippen MR) is 103 cm³/mol. The Labute approximate surface area is 156 Å². The molecule has 1 aromatic carbocycles. The maximum atomic E-state index is 12.6. The van der Waals surface area contributed by atoms with E-state index in [1.165, 1.54) is 0 Å². The fraction of sp³-hybridized carbons (Fsp3) is 0.200. The van der Waals surface area contributed by atoms with E-state index in [-0.39, 0.29) is 18.5 Å². The SMILES string of the molecule is CN(C)c1n2c3ccccc3c(C(=O)OCCCl)cc2c2cccc[n+]12. The van der Waals surface area contributed by atoms with Gasteiger partial charge in [-0.25, -0.2) is 9.20 Å². The van der Waals surface area contributed by atoms with Crippen LogP contribution in [0, 0.1) is 0 Å². The van der Waals surface area contributed by atoms with Gasteiger partial charge in [-0.1, -0.05) is 24.3 Å². The van der Waals surface area contributed by atoms with E-state index in [0.717, 1.165) is 27.9 Å². The first-order chi connectivity index (χ1) is 12.6. The number of halogens is 1. The number of rotatable bonds is 4. The number of anilines is 1. The van der Waals surface area contributed by atoms with E-state index in [2.05, 4.69) is 13.7 Å². The van der Waals surface area contributed by atoms with Gasteiger partial charge in [-0.15, -0.1) is 11.6 Å². The van der Waals surface area contributed by atoms with Crippen LogP contribution in [-0.4, -0.2) is 37.0 Å². The highest BCUT2D eigenvalue weighted by atomic mass is 35.5. The molecule has 0 aliphatic carbocycles. The van der Waals surface area contributed by atoms with Crippen molar-refractivity contribution in [3.8, 4) is 0 Å². The molecule has 0 saturated carbocycles. The van der Waals surface area contributed by atoms with Crippen LogP contribution in [0.3, 0.4) is 0 Å². The molecule has 0 fully saturated rings. The lowest BCUT2D eigenvalue weighted by Crippen LogP contribution is -2.29. The summed E-state index contributed by atoms with van der Waals surface area (Å²) in [5, 5.41) is 0.851. The molecule has 132 valence electrons. The Kier molecular flexibility index (Phi) is 4.17. The van der Waals surface area contributed by atoms with E-state index in [9.17, 15) is 4.79 Å². The summed E-state index contributed by atoms with van der Waals surface area (Å²) in [5.41, 5.74) is 3.47. The number of esters is 1. The van der Waals surface area contributed by atoms with Gasteiger partial charge >= 0.3 is 11.9 Å². The highest BCUT2D eigenvalue weighted by molar-refractivity contribution is 6.18. The number of hydrogen-bond donors (Lipinski definition) is 0. The van der Waals surface area contributed by atoms with Gasteiger partial charge in [0.25, 0.3) is 0 Å². The summed E-state index contributed by atoms with van der Waals surface area (Å²) in [4.78, 5) is 14.7. The second-order valence-corrected chi connectivity index (χ2v) is 6.65. The van der Waals surface area contributed by atoms with Gasteiger partial charge in [-0.2, -0.15) is 4.40 Å². The van der Waals surface area contributed by atoms with Gasteiger partial charge in [0.1, 0.15) is 23.2 Å². The van der Waals surface area contributed by atoms with Crippen molar-refractivity contribution in [2.24, 2.45) is 0 Å². The molecule has 0 radical (unpaired) electrons. The lowest BCUT2D eigenvalue weighted by Gasteiger charge is -2.09. The number of benzene rings is 1. The molecule has 4 rings (SSSR count). The average Bonchev–Trinajstić information content (AvgIpc) is 3.00. The summed E-state index contributed by atoms with van der Waals surface area (Å²) in [5.74, 6) is 0.930. The molecular formula is C20H19ClN3O2+. The number of para-hydroxylation sites is 1. The fourth-order valence-corrected chi connectivity index (χ4v) is 3.51. The Morgan fingerprint density at radius 3 is 2.69 bits per heavy atom. The van der Waals surface area contributed by atoms with Crippen LogP contribution in [0.1, 0.15) is 10.4 Å². The molecule has 0 saturated heterocycles. The maximum Gasteiger partial charge on any atom is 0.369 e. The van der Waals surface area contributed by atoms with Crippen LogP contribution < -0.4 is 9.30 Å². The van der Waals surface area contributed by atoms with Crippen molar-refractivity contribution in [2.75, 3.05) is 31.5 Å². The molecule has 26 heavy (non-hydrogen) atoms. The normalized spacial score (nSPS) is 11.3. The molecule has 3 heterocycles. The first-order valence-corrected chi connectivity index (χ1v) is 8.94. The molecule has 0 atom stereocenters. The molecule has 0 bridgehead atoms. The van der Waals surface area contributed by atoms with Gasteiger partial charge < -0.3 is 4.74 Å². The first kappa shape index (κ1) is 16.7. The van der Waals surface area contributed by atoms with E-state index in [0.29, 0.717) is 5.56 Å². The Morgan fingerprint density at radius 2 is 1.92 bits per heavy atom. The fourth-order valence-electron chi connectivity index (χ4n) is 3.44. The van der Waals surface area contributed by atoms with E-state index in [4.69, 9.17) is 16.3 Å². The van der Waals surface area contributed by atoms with E-state index >= 15 is 0 Å². The van der Waals surface area contributed by atoms with Crippen LogP contribution in [0.2, 0.25) is 0 Å². The maximum absolute atomic E-state index is 12.6. The second kappa shape index (κ2) is 6.50. The lowest BCUT2D eigenvalue weighted by atomic mass is 10.1. The topological polar surface area (TPSA) is 38.1 Å². The van der Waals surface area contributed by atoms with Crippen molar-refractivity contribution in [3.63, 3.8) is 0 Å². The Hall–Kier alpha value is -2.79. The third kappa shape index (κ3) is 2.47. The smallest absolute Gasteiger partial charge is 0.369 e.